The van der Waals surface area contributed by atoms with Crippen molar-refractivity contribution in [2.24, 2.45) is 11.8 Å². The van der Waals surface area contributed by atoms with Crippen LogP contribution in [0.25, 0.3) is 0 Å². The molecular weight excluding hydrogens is 170 g/mol. The molecule has 0 amide bonds. The molecule has 0 aliphatic rings. The van der Waals surface area contributed by atoms with Crippen LogP contribution in [-0.2, 0) is 0 Å². The first kappa shape index (κ1) is 14.0. The summed E-state index contributed by atoms with van der Waals surface area (Å²) in [6.07, 6.45) is 5.33. The molecular formula is C13H29N. The second kappa shape index (κ2) is 8.28. The first-order chi connectivity index (χ1) is 6.65. The van der Waals surface area contributed by atoms with Gasteiger partial charge in [0.05, 0.1) is 0 Å². The van der Waals surface area contributed by atoms with Gasteiger partial charge in [-0.05, 0) is 24.8 Å². The molecule has 0 bridgehead atoms. The largest absolute Gasteiger partial charge is 0.314 e. The van der Waals surface area contributed by atoms with E-state index in [4.69, 9.17) is 0 Å². The molecule has 0 radical (unpaired) electrons. The van der Waals surface area contributed by atoms with Gasteiger partial charge >= 0.3 is 0 Å². The van der Waals surface area contributed by atoms with Crippen molar-refractivity contribution in [3.05, 3.63) is 0 Å². The van der Waals surface area contributed by atoms with Gasteiger partial charge < -0.3 is 5.32 Å². The highest BCUT2D eigenvalue weighted by molar-refractivity contribution is 4.74. The fourth-order valence-corrected chi connectivity index (χ4v) is 2.11. The van der Waals surface area contributed by atoms with E-state index in [0.29, 0.717) is 0 Å². The Kier molecular flexibility index (Phi) is 8.26. The summed E-state index contributed by atoms with van der Waals surface area (Å²) in [6, 6.07) is 0.728. The molecule has 0 heterocycles. The SMILES string of the molecule is CCCC(C)CC(NCC)C(C)CC. The number of hydrogen-bond donors (Lipinski definition) is 1. The Morgan fingerprint density at radius 1 is 1.07 bits per heavy atom. The van der Waals surface area contributed by atoms with Crippen LogP contribution >= 0.6 is 0 Å². The number of rotatable bonds is 8. The smallest absolute Gasteiger partial charge is 0.00950 e. The molecule has 0 aromatic heterocycles. The summed E-state index contributed by atoms with van der Waals surface area (Å²) in [5.74, 6) is 1.69. The molecule has 1 heteroatoms. The Hall–Kier alpha value is -0.0400. The van der Waals surface area contributed by atoms with E-state index in [0.717, 1.165) is 24.4 Å². The van der Waals surface area contributed by atoms with E-state index in [1.807, 2.05) is 0 Å². The van der Waals surface area contributed by atoms with Crippen molar-refractivity contribution in [1.82, 2.24) is 5.32 Å². The van der Waals surface area contributed by atoms with Crippen molar-refractivity contribution < 1.29 is 0 Å². The first-order valence-corrected chi connectivity index (χ1v) is 6.38. The van der Waals surface area contributed by atoms with Gasteiger partial charge in [-0.15, -0.1) is 0 Å². The molecule has 0 spiro atoms. The molecule has 1 nitrogen and oxygen atoms in total. The predicted octanol–water partition coefficient (Wildman–Crippen LogP) is 3.84. The lowest BCUT2D eigenvalue weighted by Crippen LogP contribution is -2.36. The van der Waals surface area contributed by atoms with Gasteiger partial charge in [0.2, 0.25) is 0 Å². The zero-order chi connectivity index (χ0) is 11.0. The van der Waals surface area contributed by atoms with Crippen LogP contribution in [0.15, 0.2) is 0 Å². The maximum absolute atomic E-state index is 3.62. The maximum atomic E-state index is 3.62. The summed E-state index contributed by atoms with van der Waals surface area (Å²) >= 11 is 0. The Labute approximate surface area is 90.7 Å². The van der Waals surface area contributed by atoms with E-state index in [2.05, 4.69) is 39.9 Å². The first-order valence-electron chi connectivity index (χ1n) is 6.38. The highest BCUT2D eigenvalue weighted by Gasteiger charge is 2.16. The molecule has 1 N–H and O–H groups in total. The van der Waals surface area contributed by atoms with Crippen LogP contribution < -0.4 is 5.32 Å². The third kappa shape index (κ3) is 5.64. The molecule has 0 saturated carbocycles. The zero-order valence-corrected chi connectivity index (χ0v) is 10.8. The molecule has 3 atom stereocenters. The van der Waals surface area contributed by atoms with Crippen molar-refractivity contribution in [3.63, 3.8) is 0 Å². The lowest BCUT2D eigenvalue weighted by molar-refractivity contribution is 0.303. The minimum absolute atomic E-state index is 0.728. The van der Waals surface area contributed by atoms with Gasteiger partial charge in [-0.25, -0.2) is 0 Å². The summed E-state index contributed by atoms with van der Waals surface area (Å²) in [4.78, 5) is 0. The van der Waals surface area contributed by atoms with Crippen LogP contribution in [0, 0.1) is 11.8 Å². The molecule has 0 saturated heterocycles. The van der Waals surface area contributed by atoms with E-state index >= 15 is 0 Å². The van der Waals surface area contributed by atoms with E-state index in [9.17, 15) is 0 Å². The van der Waals surface area contributed by atoms with Crippen LogP contribution in [0.5, 0.6) is 0 Å². The molecule has 0 fully saturated rings. The Bertz CT molecular complexity index is 122. The average Bonchev–Trinajstić information content (AvgIpc) is 2.16. The monoisotopic (exact) mass is 199 g/mol. The van der Waals surface area contributed by atoms with Crippen molar-refractivity contribution in [2.75, 3.05) is 6.54 Å². The second-order valence-electron chi connectivity index (χ2n) is 4.68. The Balaban J connectivity index is 3.94. The average molecular weight is 199 g/mol. The standard InChI is InChI=1S/C13H29N/c1-6-9-11(4)10-13(14-8-3)12(5)7-2/h11-14H,6-10H2,1-5H3. The van der Waals surface area contributed by atoms with E-state index in [1.54, 1.807) is 0 Å². The van der Waals surface area contributed by atoms with Crippen molar-refractivity contribution in [1.29, 1.82) is 0 Å². The Morgan fingerprint density at radius 2 is 1.71 bits per heavy atom. The van der Waals surface area contributed by atoms with Gasteiger partial charge in [0.1, 0.15) is 0 Å². The molecule has 14 heavy (non-hydrogen) atoms. The summed E-state index contributed by atoms with van der Waals surface area (Å²) < 4.78 is 0. The summed E-state index contributed by atoms with van der Waals surface area (Å²) in [5, 5.41) is 3.62. The van der Waals surface area contributed by atoms with Crippen LogP contribution in [0.4, 0.5) is 0 Å². The van der Waals surface area contributed by atoms with Crippen LogP contribution in [0.3, 0.4) is 0 Å². The van der Waals surface area contributed by atoms with Crippen LogP contribution in [0.1, 0.15) is 60.3 Å². The summed E-state index contributed by atoms with van der Waals surface area (Å²) in [7, 11) is 0. The quantitative estimate of drug-likeness (QED) is 0.626. The highest BCUT2D eigenvalue weighted by atomic mass is 14.9. The van der Waals surface area contributed by atoms with Crippen LogP contribution in [-0.4, -0.2) is 12.6 Å². The van der Waals surface area contributed by atoms with E-state index in [-0.39, 0.29) is 0 Å². The molecule has 0 rings (SSSR count). The number of hydrogen-bond acceptors (Lipinski definition) is 1. The van der Waals surface area contributed by atoms with Crippen LogP contribution in [0.2, 0.25) is 0 Å². The minimum atomic E-state index is 0.728. The van der Waals surface area contributed by atoms with E-state index in [1.165, 1.54) is 25.7 Å². The lowest BCUT2D eigenvalue weighted by Gasteiger charge is -2.26. The summed E-state index contributed by atoms with van der Waals surface area (Å²) in [6.45, 7) is 12.6. The fraction of sp³-hybridized carbons (Fsp3) is 1.00. The van der Waals surface area contributed by atoms with Gasteiger partial charge in [-0.1, -0.05) is 53.9 Å². The van der Waals surface area contributed by atoms with Gasteiger partial charge in [0.25, 0.3) is 0 Å². The fourth-order valence-electron chi connectivity index (χ4n) is 2.11. The summed E-state index contributed by atoms with van der Waals surface area (Å²) in [5.41, 5.74) is 0. The highest BCUT2D eigenvalue weighted by Crippen LogP contribution is 2.19. The van der Waals surface area contributed by atoms with E-state index < -0.39 is 0 Å². The predicted molar refractivity (Wildman–Crippen MR) is 65.6 cm³/mol. The number of nitrogens with one attached hydrogen (secondary N) is 1. The normalized spacial score (nSPS) is 17.8. The van der Waals surface area contributed by atoms with Crippen molar-refractivity contribution in [2.45, 2.75) is 66.3 Å². The Morgan fingerprint density at radius 3 is 2.14 bits per heavy atom. The van der Waals surface area contributed by atoms with Gasteiger partial charge in [-0.2, -0.15) is 0 Å². The third-order valence-corrected chi connectivity index (χ3v) is 3.23. The molecule has 0 aliphatic heterocycles. The maximum Gasteiger partial charge on any atom is 0.00950 e. The zero-order valence-electron chi connectivity index (χ0n) is 10.8. The molecule has 0 aromatic rings. The van der Waals surface area contributed by atoms with Crippen molar-refractivity contribution >= 4 is 0 Å². The lowest BCUT2D eigenvalue weighted by atomic mass is 9.89. The third-order valence-electron chi connectivity index (χ3n) is 3.23. The molecule has 86 valence electrons. The molecule has 3 unspecified atom stereocenters. The topological polar surface area (TPSA) is 12.0 Å². The second-order valence-corrected chi connectivity index (χ2v) is 4.68. The van der Waals surface area contributed by atoms with Gasteiger partial charge in [0.15, 0.2) is 0 Å². The van der Waals surface area contributed by atoms with Crippen molar-refractivity contribution in [3.8, 4) is 0 Å². The van der Waals surface area contributed by atoms with Gasteiger partial charge in [0, 0.05) is 6.04 Å². The van der Waals surface area contributed by atoms with Gasteiger partial charge in [-0.3, -0.25) is 0 Å². The molecule has 0 aliphatic carbocycles. The molecule has 0 aromatic carbocycles. The minimum Gasteiger partial charge on any atom is -0.314 e.